The van der Waals surface area contributed by atoms with Gasteiger partial charge in [-0.15, -0.1) is 11.3 Å². The quantitative estimate of drug-likeness (QED) is 0.490. The van der Waals surface area contributed by atoms with E-state index in [2.05, 4.69) is 26.2 Å². The molecule has 0 bridgehead atoms. The van der Waals surface area contributed by atoms with E-state index in [1.54, 1.807) is 20.0 Å². The number of aromatic nitrogens is 1. The maximum Gasteiger partial charge on any atom is 0.341 e. The molecule has 2 heterocycles. The lowest BCUT2D eigenvalue weighted by atomic mass is 10.1. The molecule has 8 heteroatoms. The largest absolute Gasteiger partial charge is 0.485 e. The third kappa shape index (κ3) is 4.34. The molecule has 0 saturated heterocycles. The third-order valence-corrected chi connectivity index (χ3v) is 5.65. The maximum atomic E-state index is 12.6. The number of thiophene rings is 1. The molecular weight excluding hydrogens is 444 g/mol. The topological polar surface area (TPSA) is 77.5 Å². The molecule has 1 amide bonds. The predicted octanol–water partition coefficient (Wildman–Crippen LogP) is 5.16. The zero-order valence-corrected chi connectivity index (χ0v) is 17.9. The van der Waals surface area contributed by atoms with Crippen LogP contribution < -0.4 is 10.1 Å². The molecule has 146 valence electrons. The molecule has 0 aliphatic rings. The summed E-state index contributed by atoms with van der Waals surface area (Å²) in [7, 11) is 0. The molecule has 2 aromatic heterocycles. The van der Waals surface area contributed by atoms with E-state index in [-0.39, 0.29) is 19.1 Å². The molecule has 28 heavy (non-hydrogen) atoms. The summed E-state index contributed by atoms with van der Waals surface area (Å²) in [6.45, 7) is 4.03. The van der Waals surface area contributed by atoms with Crippen LogP contribution in [0, 0.1) is 0 Å². The number of carbonyl (C=O) groups excluding carboxylic acids is 2. The number of carbonyl (C=O) groups is 2. The molecule has 0 radical (unpaired) electrons. The van der Waals surface area contributed by atoms with E-state index in [1.807, 2.05) is 30.3 Å². The minimum absolute atomic E-state index is 0.174. The van der Waals surface area contributed by atoms with Gasteiger partial charge in [-0.1, -0.05) is 19.1 Å². The van der Waals surface area contributed by atoms with Crippen LogP contribution in [0.15, 0.2) is 41.0 Å². The lowest BCUT2D eigenvalue weighted by molar-refractivity contribution is -0.115. The number of pyridine rings is 1. The highest BCUT2D eigenvalue weighted by atomic mass is 79.9. The van der Waals surface area contributed by atoms with Gasteiger partial charge in [-0.05, 0) is 41.1 Å². The number of amides is 1. The van der Waals surface area contributed by atoms with Crippen molar-refractivity contribution in [2.24, 2.45) is 0 Å². The van der Waals surface area contributed by atoms with E-state index in [0.717, 1.165) is 14.9 Å². The smallest absolute Gasteiger partial charge is 0.341 e. The minimum Gasteiger partial charge on any atom is -0.485 e. The minimum atomic E-state index is -0.474. The molecule has 0 unspecified atom stereocenters. The van der Waals surface area contributed by atoms with Gasteiger partial charge in [0.15, 0.2) is 5.75 Å². The van der Waals surface area contributed by atoms with Gasteiger partial charge in [0.05, 0.1) is 21.5 Å². The molecule has 0 aliphatic heterocycles. The first-order valence-electron chi connectivity index (χ1n) is 8.79. The van der Waals surface area contributed by atoms with Gasteiger partial charge in [0, 0.05) is 18.0 Å². The summed E-state index contributed by atoms with van der Waals surface area (Å²) in [5.74, 6) is -0.0547. The normalized spacial score (nSPS) is 10.7. The number of rotatable bonds is 7. The van der Waals surface area contributed by atoms with Crippen molar-refractivity contribution in [3.63, 3.8) is 0 Å². The Labute approximate surface area is 175 Å². The van der Waals surface area contributed by atoms with Gasteiger partial charge >= 0.3 is 5.97 Å². The highest BCUT2D eigenvalue weighted by Crippen LogP contribution is 2.44. The second-order valence-corrected chi connectivity index (χ2v) is 7.67. The summed E-state index contributed by atoms with van der Waals surface area (Å²) in [5.41, 5.74) is 1.13. The Morgan fingerprint density at radius 1 is 1.21 bits per heavy atom. The first kappa shape index (κ1) is 20.3. The van der Waals surface area contributed by atoms with Crippen LogP contribution in [0.5, 0.6) is 5.75 Å². The van der Waals surface area contributed by atoms with Crippen LogP contribution in [-0.4, -0.2) is 23.5 Å². The van der Waals surface area contributed by atoms with Crippen LogP contribution in [0.2, 0.25) is 0 Å². The Morgan fingerprint density at radius 3 is 2.71 bits per heavy atom. The number of hydrogen-bond donors (Lipinski definition) is 1. The maximum absolute atomic E-state index is 12.6. The van der Waals surface area contributed by atoms with Gasteiger partial charge in [-0.3, -0.25) is 9.78 Å². The van der Waals surface area contributed by atoms with Crippen LogP contribution in [0.3, 0.4) is 0 Å². The van der Waals surface area contributed by atoms with Gasteiger partial charge in [0.25, 0.3) is 0 Å². The van der Waals surface area contributed by atoms with E-state index in [4.69, 9.17) is 9.47 Å². The Balaban J connectivity index is 2.06. The van der Waals surface area contributed by atoms with Gasteiger partial charge in [-0.2, -0.15) is 0 Å². The fraction of sp³-hybridized carbons (Fsp3) is 0.250. The third-order valence-electron chi connectivity index (χ3n) is 3.91. The average Bonchev–Trinajstić information content (AvgIpc) is 3.06. The Kier molecular flexibility index (Phi) is 6.64. The standard InChI is InChI=1S/C20H19BrN2O4S/c1-3-15(24)23-19-16(20(25)26-4-2)13-8-9-14(21)17(18(13)28-19)27-11-12-7-5-6-10-22-12/h5-10H,3-4,11H2,1-2H3,(H,23,24). The molecule has 1 aromatic carbocycles. The molecule has 1 N–H and O–H groups in total. The van der Waals surface area contributed by atoms with Crippen molar-refractivity contribution in [3.8, 4) is 5.75 Å². The summed E-state index contributed by atoms with van der Waals surface area (Å²) >= 11 is 4.80. The van der Waals surface area contributed by atoms with Crippen molar-refractivity contribution in [2.45, 2.75) is 26.9 Å². The summed E-state index contributed by atoms with van der Waals surface area (Å²) in [6.07, 6.45) is 2.01. The summed E-state index contributed by atoms with van der Waals surface area (Å²) in [5, 5.41) is 3.94. The molecule has 0 aliphatic carbocycles. The predicted molar refractivity (Wildman–Crippen MR) is 113 cm³/mol. The number of esters is 1. The van der Waals surface area contributed by atoms with Gasteiger partial charge < -0.3 is 14.8 Å². The average molecular weight is 463 g/mol. The van der Waals surface area contributed by atoms with E-state index in [1.165, 1.54) is 11.3 Å². The highest BCUT2D eigenvalue weighted by Gasteiger charge is 2.24. The van der Waals surface area contributed by atoms with Crippen molar-refractivity contribution < 1.29 is 19.1 Å². The molecule has 0 atom stereocenters. The first-order chi connectivity index (χ1) is 13.5. The number of fused-ring (bicyclic) bond motifs is 1. The second-order valence-electron chi connectivity index (χ2n) is 5.79. The summed E-state index contributed by atoms with van der Waals surface area (Å²) in [6, 6.07) is 9.24. The summed E-state index contributed by atoms with van der Waals surface area (Å²) < 4.78 is 12.7. The molecule has 3 aromatic rings. The van der Waals surface area contributed by atoms with Crippen LogP contribution in [0.1, 0.15) is 36.3 Å². The molecule has 3 rings (SSSR count). The zero-order valence-electron chi connectivity index (χ0n) is 15.5. The summed E-state index contributed by atoms with van der Waals surface area (Å²) in [4.78, 5) is 28.8. The number of benzene rings is 1. The van der Waals surface area contributed by atoms with Crippen LogP contribution >= 0.6 is 27.3 Å². The Morgan fingerprint density at radius 2 is 2.04 bits per heavy atom. The number of nitrogens with one attached hydrogen (secondary N) is 1. The second kappa shape index (κ2) is 9.16. The zero-order chi connectivity index (χ0) is 20.1. The number of anilines is 1. The fourth-order valence-corrected chi connectivity index (χ4v) is 4.37. The van der Waals surface area contributed by atoms with Crippen LogP contribution in [0.25, 0.3) is 10.1 Å². The van der Waals surface area contributed by atoms with E-state index in [9.17, 15) is 9.59 Å². The highest BCUT2D eigenvalue weighted by molar-refractivity contribution is 9.10. The van der Waals surface area contributed by atoms with Crippen LogP contribution in [-0.2, 0) is 16.1 Å². The number of nitrogens with zero attached hydrogens (tertiary/aromatic N) is 1. The van der Waals surface area contributed by atoms with Crippen molar-refractivity contribution in [1.82, 2.24) is 4.98 Å². The monoisotopic (exact) mass is 462 g/mol. The molecular formula is C20H19BrN2O4S. The lowest BCUT2D eigenvalue weighted by Gasteiger charge is -2.09. The van der Waals surface area contributed by atoms with E-state index < -0.39 is 5.97 Å². The van der Waals surface area contributed by atoms with E-state index in [0.29, 0.717) is 28.1 Å². The lowest BCUT2D eigenvalue weighted by Crippen LogP contribution is -2.12. The van der Waals surface area contributed by atoms with Crippen molar-refractivity contribution in [1.29, 1.82) is 0 Å². The molecule has 0 spiro atoms. The number of halogens is 1. The Bertz CT molecular complexity index is 1000. The number of hydrogen-bond acceptors (Lipinski definition) is 6. The first-order valence-corrected chi connectivity index (χ1v) is 10.4. The fourth-order valence-electron chi connectivity index (χ4n) is 2.59. The van der Waals surface area contributed by atoms with Crippen molar-refractivity contribution >= 4 is 54.2 Å². The van der Waals surface area contributed by atoms with Crippen molar-refractivity contribution in [3.05, 3.63) is 52.3 Å². The number of ether oxygens (including phenoxy) is 2. The van der Waals surface area contributed by atoms with Crippen LogP contribution in [0.4, 0.5) is 5.00 Å². The van der Waals surface area contributed by atoms with Gasteiger partial charge in [0.2, 0.25) is 5.91 Å². The SMILES string of the molecule is CCOC(=O)c1c(NC(=O)CC)sc2c(OCc3ccccn3)c(Br)ccc12. The van der Waals surface area contributed by atoms with Gasteiger partial charge in [0.1, 0.15) is 17.2 Å². The van der Waals surface area contributed by atoms with Crippen molar-refractivity contribution in [2.75, 3.05) is 11.9 Å². The molecule has 0 saturated carbocycles. The molecule has 0 fully saturated rings. The Hall–Kier alpha value is -2.45. The van der Waals surface area contributed by atoms with E-state index >= 15 is 0 Å². The van der Waals surface area contributed by atoms with Gasteiger partial charge in [-0.25, -0.2) is 4.79 Å². The molecule has 6 nitrogen and oxygen atoms in total.